The molecule has 11 heteroatoms. The van der Waals surface area contributed by atoms with E-state index >= 15 is 0 Å². The Morgan fingerprint density at radius 2 is 1.72 bits per heavy atom. The predicted molar refractivity (Wildman–Crippen MR) is 117 cm³/mol. The standard InChI is InChI=1S/C21H23ClN2O7S/c1-29-16-5-7-18(31-3)19(10-16)32(27,28)24-12-20(25)23-11-14(21(24)26)8-13-9-15(22)4-6-17(13)30-2/h4-7,9-10,14H,8,11-12H2,1-3H3,(H,23,25). The fourth-order valence-electron chi connectivity index (χ4n) is 3.43. The van der Waals surface area contributed by atoms with Crippen LogP contribution in [0.2, 0.25) is 5.02 Å². The van der Waals surface area contributed by atoms with E-state index in [1.165, 1.54) is 39.5 Å². The van der Waals surface area contributed by atoms with Crippen LogP contribution >= 0.6 is 11.6 Å². The van der Waals surface area contributed by atoms with Crippen molar-refractivity contribution < 1.29 is 32.2 Å². The third-order valence-corrected chi connectivity index (χ3v) is 7.07. The topological polar surface area (TPSA) is 111 Å². The molecule has 1 N–H and O–H groups in total. The third kappa shape index (κ3) is 4.76. The SMILES string of the molecule is COc1ccc(OC)c(S(=O)(=O)N2CC(=O)NCC(Cc3cc(Cl)ccc3OC)C2=O)c1. The first-order valence-corrected chi connectivity index (χ1v) is 11.4. The lowest BCUT2D eigenvalue weighted by molar-refractivity contribution is -0.131. The minimum Gasteiger partial charge on any atom is -0.497 e. The van der Waals surface area contributed by atoms with Crippen LogP contribution < -0.4 is 19.5 Å². The second-order valence-electron chi connectivity index (χ2n) is 7.03. The van der Waals surface area contributed by atoms with Gasteiger partial charge in [0.25, 0.3) is 10.0 Å². The average Bonchev–Trinajstić information content (AvgIpc) is 2.92. The second-order valence-corrected chi connectivity index (χ2v) is 9.30. The fourth-order valence-corrected chi connectivity index (χ4v) is 5.21. The summed E-state index contributed by atoms with van der Waals surface area (Å²) >= 11 is 6.08. The van der Waals surface area contributed by atoms with Crippen LogP contribution in [0.15, 0.2) is 41.3 Å². The summed E-state index contributed by atoms with van der Waals surface area (Å²) in [7, 11) is -0.252. The molecule has 2 aromatic carbocycles. The Balaban J connectivity index is 2.02. The van der Waals surface area contributed by atoms with E-state index in [0.717, 1.165) is 0 Å². The molecule has 0 radical (unpaired) electrons. The lowest BCUT2D eigenvalue weighted by Crippen LogP contribution is -2.42. The van der Waals surface area contributed by atoms with Crippen molar-refractivity contribution in [1.82, 2.24) is 9.62 Å². The monoisotopic (exact) mass is 482 g/mol. The minimum absolute atomic E-state index is 0.0244. The van der Waals surface area contributed by atoms with Gasteiger partial charge in [0.15, 0.2) is 0 Å². The quantitative estimate of drug-likeness (QED) is 0.641. The van der Waals surface area contributed by atoms with E-state index < -0.39 is 34.3 Å². The maximum atomic E-state index is 13.5. The van der Waals surface area contributed by atoms with Crippen LogP contribution in [0.1, 0.15) is 5.56 Å². The molecule has 2 amide bonds. The summed E-state index contributed by atoms with van der Waals surface area (Å²) < 4.78 is 43.1. The van der Waals surface area contributed by atoms with Crippen molar-refractivity contribution >= 4 is 33.4 Å². The molecule has 1 atom stereocenters. The molecule has 2 aromatic rings. The molecule has 3 rings (SSSR count). The zero-order valence-electron chi connectivity index (χ0n) is 17.8. The number of carbonyl (C=O) groups excluding carboxylic acids is 2. The number of carbonyl (C=O) groups is 2. The van der Waals surface area contributed by atoms with Gasteiger partial charge in [-0.15, -0.1) is 0 Å². The molecule has 0 aromatic heterocycles. The molecular weight excluding hydrogens is 460 g/mol. The highest BCUT2D eigenvalue weighted by Gasteiger charge is 2.39. The van der Waals surface area contributed by atoms with Gasteiger partial charge in [-0.05, 0) is 42.3 Å². The summed E-state index contributed by atoms with van der Waals surface area (Å²) in [5, 5.41) is 3.05. The summed E-state index contributed by atoms with van der Waals surface area (Å²) in [6.45, 7) is -0.681. The van der Waals surface area contributed by atoms with Crippen LogP contribution in [0.25, 0.3) is 0 Å². The number of sulfonamides is 1. The number of hydrogen-bond donors (Lipinski definition) is 1. The normalized spacial score (nSPS) is 16.9. The van der Waals surface area contributed by atoms with Crippen LogP contribution in [-0.2, 0) is 26.0 Å². The van der Waals surface area contributed by atoms with Gasteiger partial charge in [0.1, 0.15) is 28.7 Å². The van der Waals surface area contributed by atoms with Gasteiger partial charge in [0.05, 0.1) is 27.2 Å². The third-order valence-electron chi connectivity index (χ3n) is 5.08. The van der Waals surface area contributed by atoms with Crippen molar-refractivity contribution in [3.05, 3.63) is 47.0 Å². The highest BCUT2D eigenvalue weighted by molar-refractivity contribution is 7.89. The molecule has 1 aliphatic heterocycles. The Labute approximate surface area is 191 Å². The van der Waals surface area contributed by atoms with Gasteiger partial charge in [-0.1, -0.05) is 11.6 Å². The van der Waals surface area contributed by atoms with E-state index in [-0.39, 0.29) is 29.4 Å². The lowest BCUT2D eigenvalue weighted by Gasteiger charge is -2.24. The minimum atomic E-state index is -4.43. The fraction of sp³-hybridized carbons (Fsp3) is 0.333. The predicted octanol–water partition coefficient (Wildman–Crippen LogP) is 1.87. The molecule has 0 saturated carbocycles. The number of ether oxygens (including phenoxy) is 3. The lowest BCUT2D eigenvalue weighted by atomic mass is 9.98. The molecule has 1 saturated heterocycles. The molecule has 172 valence electrons. The first-order valence-electron chi connectivity index (χ1n) is 9.59. The van der Waals surface area contributed by atoms with Crippen LogP contribution in [0.5, 0.6) is 17.2 Å². The van der Waals surface area contributed by atoms with E-state index in [9.17, 15) is 18.0 Å². The number of benzene rings is 2. The molecule has 0 aliphatic carbocycles. The highest BCUT2D eigenvalue weighted by atomic mass is 35.5. The van der Waals surface area contributed by atoms with Gasteiger partial charge in [-0.2, -0.15) is 0 Å². The molecule has 1 fully saturated rings. The summed E-state index contributed by atoms with van der Waals surface area (Å²) in [6, 6.07) is 9.15. The van der Waals surface area contributed by atoms with E-state index in [1.807, 2.05) is 0 Å². The van der Waals surface area contributed by atoms with E-state index in [2.05, 4.69) is 5.32 Å². The Bertz CT molecular complexity index is 1140. The molecule has 0 bridgehead atoms. The second kappa shape index (κ2) is 9.66. The largest absolute Gasteiger partial charge is 0.497 e. The van der Waals surface area contributed by atoms with Gasteiger partial charge in [-0.25, -0.2) is 12.7 Å². The summed E-state index contributed by atoms with van der Waals surface area (Å²) in [5.41, 5.74) is 0.616. The van der Waals surface area contributed by atoms with E-state index in [4.69, 9.17) is 25.8 Å². The van der Waals surface area contributed by atoms with Crippen LogP contribution in [-0.4, -0.2) is 59.0 Å². The average molecular weight is 483 g/mol. The highest BCUT2D eigenvalue weighted by Crippen LogP contribution is 2.32. The van der Waals surface area contributed by atoms with Crippen molar-refractivity contribution in [3.63, 3.8) is 0 Å². The van der Waals surface area contributed by atoms with Gasteiger partial charge in [0.2, 0.25) is 11.8 Å². The number of methoxy groups -OCH3 is 3. The Morgan fingerprint density at radius 3 is 2.38 bits per heavy atom. The van der Waals surface area contributed by atoms with E-state index in [0.29, 0.717) is 20.6 Å². The number of rotatable bonds is 7. The number of amides is 2. The van der Waals surface area contributed by atoms with Crippen molar-refractivity contribution in [2.75, 3.05) is 34.4 Å². The zero-order valence-corrected chi connectivity index (χ0v) is 19.3. The maximum Gasteiger partial charge on any atom is 0.270 e. The smallest absolute Gasteiger partial charge is 0.270 e. The number of hydrogen-bond acceptors (Lipinski definition) is 7. The molecule has 1 aliphatic rings. The van der Waals surface area contributed by atoms with Crippen molar-refractivity contribution in [1.29, 1.82) is 0 Å². The number of halogens is 1. The number of nitrogens with zero attached hydrogens (tertiary/aromatic N) is 1. The van der Waals surface area contributed by atoms with Gasteiger partial charge in [0, 0.05) is 17.6 Å². The zero-order chi connectivity index (χ0) is 23.5. The van der Waals surface area contributed by atoms with Crippen LogP contribution in [0, 0.1) is 5.92 Å². The van der Waals surface area contributed by atoms with Gasteiger partial charge in [-0.3, -0.25) is 9.59 Å². The van der Waals surface area contributed by atoms with Crippen LogP contribution in [0.4, 0.5) is 0 Å². The molecule has 1 unspecified atom stereocenters. The molecular formula is C21H23ClN2O7S. The number of nitrogens with one attached hydrogen (secondary N) is 1. The molecule has 32 heavy (non-hydrogen) atoms. The summed E-state index contributed by atoms with van der Waals surface area (Å²) in [5.74, 6) is -1.39. The molecule has 1 heterocycles. The maximum absolute atomic E-state index is 13.5. The first-order chi connectivity index (χ1) is 15.2. The summed E-state index contributed by atoms with van der Waals surface area (Å²) in [4.78, 5) is 25.4. The van der Waals surface area contributed by atoms with Crippen molar-refractivity contribution in [2.24, 2.45) is 5.92 Å². The van der Waals surface area contributed by atoms with Gasteiger partial charge < -0.3 is 19.5 Å². The summed E-state index contributed by atoms with van der Waals surface area (Å²) in [6.07, 6.45) is 0.115. The van der Waals surface area contributed by atoms with E-state index in [1.54, 1.807) is 18.2 Å². The first kappa shape index (κ1) is 23.7. The Kier molecular flexibility index (Phi) is 7.15. The van der Waals surface area contributed by atoms with Gasteiger partial charge >= 0.3 is 0 Å². The van der Waals surface area contributed by atoms with Crippen LogP contribution in [0.3, 0.4) is 0 Å². The molecule has 0 spiro atoms. The Morgan fingerprint density at radius 1 is 1.03 bits per heavy atom. The van der Waals surface area contributed by atoms with Crippen molar-refractivity contribution in [3.8, 4) is 17.2 Å². The van der Waals surface area contributed by atoms with Crippen molar-refractivity contribution in [2.45, 2.75) is 11.3 Å². The molecule has 9 nitrogen and oxygen atoms in total. The Hall–Kier alpha value is -2.98.